The van der Waals surface area contributed by atoms with Crippen molar-refractivity contribution in [3.8, 4) is 0 Å². The normalized spacial score (nSPS) is 27.8. The van der Waals surface area contributed by atoms with Gasteiger partial charge in [-0.3, -0.25) is 14.4 Å². The van der Waals surface area contributed by atoms with Crippen molar-refractivity contribution in [3.05, 3.63) is 77.9 Å². The third-order valence-corrected chi connectivity index (χ3v) is 9.96. The van der Waals surface area contributed by atoms with Gasteiger partial charge in [-0.25, -0.2) is 0 Å². The van der Waals surface area contributed by atoms with Gasteiger partial charge in [0.1, 0.15) is 11.6 Å². The zero-order valence-corrected chi connectivity index (χ0v) is 26.2. The van der Waals surface area contributed by atoms with Gasteiger partial charge >= 0.3 is 0 Å². The lowest BCUT2D eigenvalue weighted by atomic mass is 9.74. The Labute approximate surface area is 261 Å². The molecule has 8 nitrogen and oxygen atoms in total. The summed E-state index contributed by atoms with van der Waals surface area (Å²) in [5.74, 6) is -1.62. The van der Waals surface area contributed by atoms with E-state index >= 15 is 0 Å². The maximum atomic E-state index is 14.3. The molecule has 234 valence electrons. The van der Waals surface area contributed by atoms with Crippen molar-refractivity contribution in [2.75, 3.05) is 25.5 Å². The number of nitrogens with zero attached hydrogens (tertiary/aromatic N) is 2. The molecule has 3 heterocycles. The van der Waals surface area contributed by atoms with Crippen LogP contribution in [0.1, 0.15) is 69.4 Å². The molecular formula is C36H46N4O4. The molecule has 6 rings (SSSR count). The summed E-state index contributed by atoms with van der Waals surface area (Å²) in [5, 5.41) is 6.31. The van der Waals surface area contributed by atoms with E-state index in [1.807, 2.05) is 54.6 Å². The van der Waals surface area contributed by atoms with Gasteiger partial charge in [0.2, 0.25) is 17.7 Å². The molecule has 1 saturated carbocycles. The first-order valence-corrected chi connectivity index (χ1v) is 16.4. The summed E-state index contributed by atoms with van der Waals surface area (Å²) in [6.07, 6.45) is 9.23. The Kier molecular flexibility index (Phi) is 8.92. The quantitative estimate of drug-likeness (QED) is 0.360. The number of hydrogen-bond donors (Lipinski definition) is 2. The minimum Gasteiger partial charge on any atom is -0.359 e. The Morgan fingerprint density at radius 2 is 1.75 bits per heavy atom. The van der Waals surface area contributed by atoms with Crippen LogP contribution in [0.25, 0.3) is 0 Å². The zero-order valence-electron chi connectivity index (χ0n) is 26.2. The molecule has 3 unspecified atom stereocenters. The van der Waals surface area contributed by atoms with Crippen molar-refractivity contribution >= 4 is 23.4 Å². The number of fused-ring (bicyclic) bond motifs is 1. The molecule has 1 aliphatic carbocycles. The molecule has 2 bridgehead atoms. The summed E-state index contributed by atoms with van der Waals surface area (Å²) in [6, 6.07) is 17.4. The van der Waals surface area contributed by atoms with Crippen molar-refractivity contribution < 1.29 is 19.1 Å². The molecule has 3 amide bonds. The smallest absolute Gasteiger partial charge is 0.246 e. The lowest BCUT2D eigenvalue weighted by Gasteiger charge is -2.34. The first-order chi connectivity index (χ1) is 21.3. The Morgan fingerprint density at radius 3 is 2.45 bits per heavy atom. The molecule has 0 radical (unpaired) electrons. The number of anilines is 1. The van der Waals surface area contributed by atoms with E-state index in [1.165, 1.54) is 17.5 Å². The first kappa shape index (κ1) is 30.5. The van der Waals surface area contributed by atoms with Crippen LogP contribution in [0.3, 0.4) is 0 Å². The van der Waals surface area contributed by atoms with Crippen molar-refractivity contribution in [1.82, 2.24) is 15.1 Å². The van der Waals surface area contributed by atoms with E-state index in [9.17, 15) is 14.4 Å². The summed E-state index contributed by atoms with van der Waals surface area (Å²) in [7, 11) is 2.07. The maximum absolute atomic E-state index is 14.3. The molecule has 44 heavy (non-hydrogen) atoms. The third-order valence-electron chi connectivity index (χ3n) is 9.96. The van der Waals surface area contributed by atoms with Crippen LogP contribution in [-0.2, 0) is 25.7 Å². The second-order valence-corrected chi connectivity index (χ2v) is 13.4. The molecule has 2 N–H and O–H groups in total. The Balaban J connectivity index is 1.20. The van der Waals surface area contributed by atoms with Gasteiger partial charge in [-0.05, 0) is 62.0 Å². The minimum atomic E-state index is -1.14. The van der Waals surface area contributed by atoms with E-state index in [1.54, 1.807) is 4.90 Å². The summed E-state index contributed by atoms with van der Waals surface area (Å²) >= 11 is 0. The minimum absolute atomic E-state index is 0.108. The molecule has 4 aliphatic rings. The number of carbonyl (C=O) groups excluding carboxylic acids is 3. The van der Waals surface area contributed by atoms with Crippen molar-refractivity contribution in [2.45, 2.75) is 88.6 Å². The fraction of sp³-hybridized carbons (Fsp3) is 0.528. The molecule has 8 heteroatoms. The summed E-state index contributed by atoms with van der Waals surface area (Å²) in [5.41, 5.74) is 1.97. The molecule has 2 aromatic carbocycles. The SMILES string of the molecule is CC(C)c1ccc(NC(=O)C2[C@@H]3C=CC4(O3)C(C(=O)NC3CCCCC3)N(CCCN(C)Cc3ccccc3)C(=O)[C@H]24)cc1. The summed E-state index contributed by atoms with van der Waals surface area (Å²) in [6.45, 7) is 6.26. The fourth-order valence-corrected chi connectivity index (χ4v) is 7.70. The number of hydrogen-bond acceptors (Lipinski definition) is 5. The van der Waals surface area contributed by atoms with Gasteiger partial charge in [-0.2, -0.15) is 0 Å². The second kappa shape index (κ2) is 12.9. The molecule has 2 aromatic rings. The molecule has 0 aromatic heterocycles. The molecule has 5 atom stereocenters. The maximum Gasteiger partial charge on any atom is 0.246 e. The average molecular weight is 599 g/mol. The highest BCUT2D eigenvalue weighted by atomic mass is 16.5. The summed E-state index contributed by atoms with van der Waals surface area (Å²) < 4.78 is 6.53. The number of likely N-dealkylation sites (tertiary alicyclic amines) is 1. The van der Waals surface area contributed by atoms with Crippen molar-refractivity contribution in [3.63, 3.8) is 0 Å². The second-order valence-electron chi connectivity index (χ2n) is 13.4. The highest BCUT2D eigenvalue weighted by Gasteiger charge is 2.72. The number of carbonyl (C=O) groups is 3. The molecule has 2 saturated heterocycles. The Hall–Kier alpha value is -3.49. The predicted molar refractivity (Wildman–Crippen MR) is 171 cm³/mol. The van der Waals surface area contributed by atoms with E-state index < -0.39 is 29.6 Å². The van der Waals surface area contributed by atoms with E-state index in [4.69, 9.17) is 4.74 Å². The van der Waals surface area contributed by atoms with Gasteiger partial charge in [0, 0.05) is 24.8 Å². The van der Waals surface area contributed by atoms with Crippen molar-refractivity contribution in [1.29, 1.82) is 0 Å². The van der Waals surface area contributed by atoms with Crippen LogP contribution in [0.15, 0.2) is 66.7 Å². The number of amides is 3. The highest BCUT2D eigenvalue weighted by molar-refractivity contribution is 6.02. The Bertz CT molecular complexity index is 1370. The van der Waals surface area contributed by atoms with E-state index in [2.05, 4.69) is 48.6 Å². The van der Waals surface area contributed by atoms with E-state index in [-0.39, 0.29) is 23.8 Å². The first-order valence-electron chi connectivity index (χ1n) is 16.4. The fourth-order valence-electron chi connectivity index (χ4n) is 7.70. The number of benzene rings is 2. The van der Waals surface area contributed by atoms with E-state index in [0.29, 0.717) is 24.6 Å². The Morgan fingerprint density at radius 1 is 1.02 bits per heavy atom. The van der Waals surface area contributed by atoms with Crippen LogP contribution in [-0.4, -0.2) is 71.4 Å². The van der Waals surface area contributed by atoms with Gasteiger partial charge in [0.15, 0.2) is 0 Å². The van der Waals surface area contributed by atoms with Crippen LogP contribution in [0.5, 0.6) is 0 Å². The number of nitrogens with one attached hydrogen (secondary N) is 2. The lowest BCUT2D eigenvalue weighted by Crippen LogP contribution is -2.56. The predicted octanol–water partition coefficient (Wildman–Crippen LogP) is 4.87. The largest absolute Gasteiger partial charge is 0.359 e. The topological polar surface area (TPSA) is 91.0 Å². The standard InChI is InChI=1S/C36H46N4O4/c1-24(2)26-15-17-28(18-16-26)37-33(41)30-29-19-20-36(44-29)31(30)35(43)40(32(36)34(42)38-27-13-8-5-9-14-27)22-10-21-39(3)23-25-11-6-4-7-12-25/h4,6-7,11-12,15-20,24,27,29-32H,5,8-10,13-14,21-23H2,1-3H3,(H,37,41)(H,38,42)/t29-,30?,31-,32?,36?/m0/s1. The highest BCUT2D eigenvalue weighted by Crippen LogP contribution is 2.55. The average Bonchev–Trinajstić information content (AvgIpc) is 3.66. The van der Waals surface area contributed by atoms with Crippen molar-refractivity contribution in [2.24, 2.45) is 11.8 Å². The van der Waals surface area contributed by atoms with Gasteiger partial charge in [0.05, 0.1) is 17.9 Å². The van der Waals surface area contributed by atoms with Crippen LogP contribution in [0.4, 0.5) is 5.69 Å². The van der Waals surface area contributed by atoms with E-state index in [0.717, 1.165) is 38.8 Å². The monoisotopic (exact) mass is 598 g/mol. The lowest BCUT2D eigenvalue weighted by molar-refractivity contribution is -0.141. The van der Waals surface area contributed by atoms with Gasteiger partial charge in [-0.15, -0.1) is 0 Å². The number of rotatable bonds is 11. The zero-order chi connectivity index (χ0) is 30.8. The number of ether oxygens (including phenoxy) is 1. The van der Waals surface area contributed by atoms with Gasteiger partial charge < -0.3 is 25.2 Å². The summed E-state index contributed by atoms with van der Waals surface area (Å²) in [4.78, 5) is 46.1. The van der Waals surface area contributed by atoms with Crippen LogP contribution < -0.4 is 10.6 Å². The molecular weight excluding hydrogens is 552 g/mol. The third kappa shape index (κ3) is 5.94. The van der Waals surface area contributed by atoms with Crippen LogP contribution in [0, 0.1) is 11.8 Å². The van der Waals surface area contributed by atoms with Crippen LogP contribution in [0.2, 0.25) is 0 Å². The van der Waals surface area contributed by atoms with Gasteiger partial charge in [0.25, 0.3) is 0 Å². The van der Waals surface area contributed by atoms with Crippen LogP contribution >= 0.6 is 0 Å². The molecule has 3 aliphatic heterocycles. The molecule has 3 fully saturated rings. The van der Waals surface area contributed by atoms with Gasteiger partial charge in [-0.1, -0.05) is 87.7 Å². The molecule has 1 spiro atoms.